The van der Waals surface area contributed by atoms with Crippen molar-refractivity contribution in [1.82, 2.24) is 9.78 Å². The normalized spacial score (nSPS) is 11.2. The number of azo groups is 1. The molecule has 3 aromatic carbocycles. The monoisotopic (exact) mass is 426 g/mol. The Bertz CT molecular complexity index is 1410. The highest BCUT2D eigenvalue weighted by molar-refractivity contribution is 5.82. The molecule has 32 heavy (non-hydrogen) atoms. The van der Waals surface area contributed by atoms with Gasteiger partial charge in [0.15, 0.2) is 11.4 Å². The average Bonchev–Trinajstić information content (AvgIpc) is 3.08. The zero-order valence-corrected chi connectivity index (χ0v) is 18.0. The Kier molecular flexibility index (Phi) is 5.55. The first-order valence-corrected chi connectivity index (χ1v) is 10.1. The number of hydrogen-bond acceptors (Lipinski definition) is 5. The van der Waals surface area contributed by atoms with Crippen molar-refractivity contribution in [2.45, 2.75) is 20.8 Å². The molecule has 0 fully saturated rings. The number of nitrogens with zero attached hydrogens (tertiary/aromatic N) is 3. The van der Waals surface area contributed by atoms with E-state index < -0.39 is 0 Å². The third-order valence-electron chi connectivity index (χ3n) is 5.40. The quantitative estimate of drug-likeness (QED) is 0.317. The van der Waals surface area contributed by atoms with E-state index in [1.165, 1.54) is 4.68 Å². The summed E-state index contributed by atoms with van der Waals surface area (Å²) in [5.74, 6) is -0.0815. The number of aromatic amines is 1. The molecule has 1 heterocycles. The first-order chi connectivity index (χ1) is 15.4. The highest BCUT2D eigenvalue weighted by atomic mass is 16.3. The number of benzene rings is 3. The van der Waals surface area contributed by atoms with Crippen molar-refractivity contribution < 1.29 is 9.90 Å². The smallest absolute Gasteiger partial charge is 0.299 e. The number of para-hydroxylation sites is 1. The summed E-state index contributed by atoms with van der Waals surface area (Å²) < 4.78 is 1.43. The highest BCUT2D eigenvalue weighted by Gasteiger charge is 2.14. The summed E-state index contributed by atoms with van der Waals surface area (Å²) in [7, 11) is 0. The molecular formula is C25H22N4O3. The molecule has 0 amide bonds. The van der Waals surface area contributed by atoms with Gasteiger partial charge in [-0.1, -0.05) is 36.4 Å². The summed E-state index contributed by atoms with van der Waals surface area (Å²) >= 11 is 0. The molecule has 0 unspecified atom stereocenters. The van der Waals surface area contributed by atoms with Crippen molar-refractivity contribution >= 4 is 17.7 Å². The Morgan fingerprint density at radius 1 is 0.938 bits per heavy atom. The van der Waals surface area contributed by atoms with Crippen LogP contribution in [0.5, 0.6) is 5.75 Å². The summed E-state index contributed by atoms with van der Waals surface area (Å²) in [5, 5.41) is 22.0. The molecule has 2 N–H and O–H groups in total. The molecule has 0 saturated carbocycles. The van der Waals surface area contributed by atoms with Gasteiger partial charge in [-0.3, -0.25) is 14.7 Å². The largest absolute Gasteiger partial charge is 0.505 e. The molecule has 0 aliphatic rings. The summed E-state index contributed by atoms with van der Waals surface area (Å²) in [5.41, 5.74) is 5.24. The first kappa shape index (κ1) is 21.0. The minimum atomic E-state index is -0.330. The summed E-state index contributed by atoms with van der Waals surface area (Å²) in [4.78, 5) is 24.0. The van der Waals surface area contributed by atoms with Crippen LogP contribution in [0.25, 0.3) is 16.8 Å². The van der Waals surface area contributed by atoms with Crippen LogP contribution in [-0.4, -0.2) is 21.2 Å². The second-order valence-electron chi connectivity index (χ2n) is 7.61. The molecule has 0 aliphatic heterocycles. The fourth-order valence-corrected chi connectivity index (χ4v) is 3.43. The second kappa shape index (κ2) is 8.47. The van der Waals surface area contributed by atoms with Gasteiger partial charge in [0.2, 0.25) is 0 Å². The van der Waals surface area contributed by atoms with Gasteiger partial charge in [0, 0.05) is 11.1 Å². The number of carbonyl (C=O) groups is 1. The van der Waals surface area contributed by atoms with Gasteiger partial charge < -0.3 is 5.11 Å². The summed E-state index contributed by atoms with van der Waals surface area (Å²) in [6.07, 6.45) is 0.749. The Balaban J connectivity index is 1.71. The number of nitrogens with one attached hydrogen (secondary N) is 1. The van der Waals surface area contributed by atoms with Crippen LogP contribution in [0.2, 0.25) is 0 Å². The number of phenolic OH excluding ortho intramolecular Hbond substituents is 1. The maximum atomic E-state index is 12.9. The van der Waals surface area contributed by atoms with Crippen LogP contribution < -0.4 is 5.56 Å². The Morgan fingerprint density at radius 2 is 1.72 bits per heavy atom. The van der Waals surface area contributed by atoms with E-state index in [-0.39, 0.29) is 22.7 Å². The lowest BCUT2D eigenvalue weighted by molar-refractivity contribution is 0.112. The molecule has 0 aliphatic carbocycles. The molecule has 0 bridgehead atoms. The minimum absolute atomic E-state index is 0.0815. The van der Waals surface area contributed by atoms with Crippen molar-refractivity contribution in [3.63, 3.8) is 0 Å². The second-order valence-corrected chi connectivity index (χ2v) is 7.61. The van der Waals surface area contributed by atoms with E-state index >= 15 is 0 Å². The lowest BCUT2D eigenvalue weighted by Gasteiger charge is -2.07. The number of aryl methyl sites for hydroxylation is 3. The van der Waals surface area contributed by atoms with Gasteiger partial charge in [-0.25, -0.2) is 4.68 Å². The molecule has 1 aromatic heterocycles. The molecule has 7 nitrogen and oxygen atoms in total. The molecule has 4 aromatic rings. The number of carbonyl (C=O) groups excluding carboxylic acids is 1. The molecule has 7 heteroatoms. The van der Waals surface area contributed by atoms with Gasteiger partial charge >= 0.3 is 0 Å². The summed E-state index contributed by atoms with van der Waals surface area (Å²) in [6.45, 7) is 5.74. The Hall–Kier alpha value is -4.26. The molecule has 4 rings (SSSR count). The minimum Gasteiger partial charge on any atom is -0.505 e. The first-order valence-electron chi connectivity index (χ1n) is 10.1. The van der Waals surface area contributed by atoms with Crippen molar-refractivity contribution in [3.05, 3.63) is 93.4 Å². The fourth-order valence-electron chi connectivity index (χ4n) is 3.43. The number of aromatic hydroxyl groups is 1. The van der Waals surface area contributed by atoms with E-state index in [1.807, 2.05) is 32.0 Å². The number of hydrogen-bond donors (Lipinski definition) is 2. The van der Waals surface area contributed by atoms with E-state index in [1.54, 1.807) is 49.4 Å². The number of H-pyrrole nitrogens is 1. The number of phenols is 1. The lowest BCUT2D eigenvalue weighted by atomic mass is 10.0. The van der Waals surface area contributed by atoms with Crippen LogP contribution in [0, 0.1) is 20.8 Å². The average molecular weight is 426 g/mol. The van der Waals surface area contributed by atoms with Crippen LogP contribution in [0.4, 0.5) is 11.4 Å². The number of aldehydes is 1. The lowest BCUT2D eigenvalue weighted by Crippen LogP contribution is -2.14. The molecular weight excluding hydrogens is 404 g/mol. The fraction of sp³-hybridized carbons (Fsp3) is 0.120. The van der Waals surface area contributed by atoms with Gasteiger partial charge in [-0.15, -0.1) is 10.2 Å². The molecule has 0 radical (unpaired) electrons. The van der Waals surface area contributed by atoms with Crippen molar-refractivity contribution in [3.8, 4) is 22.6 Å². The topological polar surface area (TPSA) is 99.8 Å². The number of aromatic nitrogens is 2. The number of rotatable bonds is 5. The van der Waals surface area contributed by atoms with E-state index in [0.29, 0.717) is 28.1 Å². The van der Waals surface area contributed by atoms with Crippen LogP contribution in [-0.2, 0) is 0 Å². The maximum Gasteiger partial charge on any atom is 0.299 e. The zero-order valence-electron chi connectivity index (χ0n) is 18.0. The van der Waals surface area contributed by atoms with E-state index in [9.17, 15) is 14.7 Å². The predicted octanol–water partition coefficient (Wildman–Crippen LogP) is 5.69. The van der Waals surface area contributed by atoms with Gasteiger partial charge in [-0.2, -0.15) is 0 Å². The van der Waals surface area contributed by atoms with Gasteiger partial charge in [-0.05, 0) is 61.7 Å². The SMILES string of the molecule is Cc1ccc(-n2[nH]c(C)c(N=Nc3cccc(-c4cccc(C=O)c4)c3O)c2=O)cc1C. The van der Waals surface area contributed by atoms with Crippen molar-refractivity contribution in [2.75, 3.05) is 0 Å². The van der Waals surface area contributed by atoms with E-state index in [2.05, 4.69) is 15.3 Å². The summed E-state index contributed by atoms with van der Waals surface area (Å²) in [6, 6.07) is 17.7. The van der Waals surface area contributed by atoms with Crippen LogP contribution in [0.1, 0.15) is 27.2 Å². The Morgan fingerprint density at radius 3 is 2.47 bits per heavy atom. The van der Waals surface area contributed by atoms with E-state index in [4.69, 9.17) is 0 Å². The molecule has 0 atom stereocenters. The molecule has 0 saturated heterocycles. The third kappa shape index (κ3) is 3.88. The zero-order chi connectivity index (χ0) is 22.8. The Labute approximate surface area is 184 Å². The molecule has 160 valence electrons. The molecule has 0 spiro atoms. The van der Waals surface area contributed by atoms with Gasteiger partial charge in [0.05, 0.1) is 11.4 Å². The maximum absolute atomic E-state index is 12.9. The van der Waals surface area contributed by atoms with Gasteiger partial charge in [0.25, 0.3) is 5.56 Å². The highest BCUT2D eigenvalue weighted by Crippen LogP contribution is 2.38. The van der Waals surface area contributed by atoms with Crippen molar-refractivity contribution in [1.29, 1.82) is 0 Å². The van der Waals surface area contributed by atoms with Crippen LogP contribution in [0.3, 0.4) is 0 Å². The standard InChI is InChI=1S/C25H22N4O3/c1-15-10-11-20(12-16(15)2)29-25(32)23(17(3)28-29)27-26-22-9-5-8-21(24(22)31)19-7-4-6-18(13-19)14-30/h4-14,28,31H,1-3H3. The van der Waals surface area contributed by atoms with E-state index in [0.717, 1.165) is 17.4 Å². The van der Waals surface area contributed by atoms with Crippen molar-refractivity contribution in [2.24, 2.45) is 10.2 Å². The van der Waals surface area contributed by atoms with Crippen LogP contribution in [0.15, 0.2) is 75.7 Å². The van der Waals surface area contributed by atoms with Gasteiger partial charge in [0.1, 0.15) is 12.0 Å². The van der Waals surface area contributed by atoms with Crippen LogP contribution >= 0.6 is 0 Å². The third-order valence-corrected chi connectivity index (χ3v) is 5.40. The predicted molar refractivity (Wildman–Crippen MR) is 124 cm³/mol.